The molecule has 2 aromatic carbocycles. The first kappa shape index (κ1) is 14.3. The fourth-order valence-electron chi connectivity index (χ4n) is 1.90. The van der Waals surface area contributed by atoms with E-state index in [4.69, 9.17) is 11.6 Å². The Bertz CT molecular complexity index is 584. The molecule has 2 rings (SSSR count). The van der Waals surface area contributed by atoms with E-state index in [1.54, 1.807) is 18.2 Å². The van der Waals surface area contributed by atoms with E-state index in [1.807, 2.05) is 25.1 Å². The van der Waals surface area contributed by atoms with Crippen molar-refractivity contribution in [2.24, 2.45) is 0 Å². The number of anilines is 1. The van der Waals surface area contributed by atoms with Crippen LogP contribution in [0.1, 0.15) is 18.5 Å². The van der Waals surface area contributed by atoms with Crippen LogP contribution in [0.3, 0.4) is 0 Å². The monoisotopic (exact) mass is 389 g/mol. The fourth-order valence-corrected chi connectivity index (χ4v) is 2.81. The van der Waals surface area contributed by atoms with Crippen molar-refractivity contribution in [1.82, 2.24) is 0 Å². The lowest BCUT2D eigenvalue weighted by atomic mass is 10.1. The Kier molecular flexibility index (Phi) is 4.42. The number of hydrogen-bond acceptors (Lipinski definition) is 3. The quantitative estimate of drug-likeness (QED) is 0.676. The fraction of sp³-hybridized carbons (Fsp3) is 0.143. The number of hydrogen-bond donors (Lipinski definition) is 3. The number of halogens is 2. The molecule has 0 aliphatic rings. The summed E-state index contributed by atoms with van der Waals surface area (Å²) in [6.45, 7) is 1.85. The number of phenols is 2. The van der Waals surface area contributed by atoms with E-state index in [0.717, 1.165) is 9.26 Å². The molecule has 1 unspecified atom stereocenters. The molecule has 3 N–H and O–H groups in total. The third-order valence-electron chi connectivity index (χ3n) is 2.80. The van der Waals surface area contributed by atoms with Crippen molar-refractivity contribution in [3.63, 3.8) is 0 Å². The highest BCUT2D eigenvalue weighted by atomic mass is 127. The van der Waals surface area contributed by atoms with Crippen LogP contribution in [0, 0.1) is 3.57 Å². The number of rotatable bonds is 3. The lowest BCUT2D eigenvalue weighted by Gasteiger charge is -2.19. The predicted octanol–water partition coefficient (Wildman–Crippen LogP) is 4.53. The maximum absolute atomic E-state index is 9.82. The largest absolute Gasteiger partial charge is 0.507 e. The van der Waals surface area contributed by atoms with Crippen molar-refractivity contribution in [2.45, 2.75) is 13.0 Å². The van der Waals surface area contributed by atoms with E-state index in [1.165, 1.54) is 0 Å². The van der Waals surface area contributed by atoms with E-state index >= 15 is 0 Å². The molecule has 0 fully saturated rings. The van der Waals surface area contributed by atoms with Gasteiger partial charge in [-0.15, -0.1) is 0 Å². The Hall–Kier alpha value is -1.14. The molecule has 0 saturated heterocycles. The second-order valence-electron chi connectivity index (χ2n) is 4.20. The number of phenolic OH excluding ortho intramolecular Hbond substituents is 2. The van der Waals surface area contributed by atoms with Crippen molar-refractivity contribution in [3.8, 4) is 11.5 Å². The molecule has 0 amide bonds. The Morgan fingerprint density at radius 1 is 1.16 bits per heavy atom. The van der Waals surface area contributed by atoms with Crippen LogP contribution in [-0.4, -0.2) is 10.2 Å². The molecular formula is C14H13ClINO2. The smallest absolute Gasteiger partial charge is 0.124 e. The Morgan fingerprint density at radius 2 is 1.79 bits per heavy atom. The van der Waals surface area contributed by atoms with Crippen LogP contribution in [0.15, 0.2) is 36.4 Å². The molecule has 100 valence electrons. The summed E-state index contributed by atoms with van der Waals surface area (Å²) in [6, 6.07) is 10.1. The highest BCUT2D eigenvalue weighted by molar-refractivity contribution is 14.1. The Morgan fingerprint density at radius 3 is 2.37 bits per heavy atom. The summed E-state index contributed by atoms with van der Waals surface area (Å²) in [4.78, 5) is 0. The first-order valence-electron chi connectivity index (χ1n) is 5.71. The molecule has 3 nitrogen and oxygen atoms in total. The van der Waals surface area contributed by atoms with E-state index in [-0.39, 0.29) is 17.5 Å². The predicted molar refractivity (Wildman–Crippen MR) is 86.0 cm³/mol. The highest BCUT2D eigenvalue weighted by Gasteiger charge is 2.15. The Balaban J connectivity index is 2.28. The van der Waals surface area contributed by atoms with Gasteiger partial charge < -0.3 is 15.5 Å². The molecular weight excluding hydrogens is 377 g/mol. The molecule has 0 saturated carbocycles. The molecule has 5 heteroatoms. The zero-order chi connectivity index (χ0) is 14.0. The van der Waals surface area contributed by atoms with Crippen LogP contribution in [0.5, 0.6) is 11.5 Å². The van der Waals surface area contributed by atoms with Gasteiger partial charge in [0.25, 0.3) is 0 Å². The summed E-state index contributed by atoms with van der Waals surface area (Å²) in [6.07, 6.45) is 0. The molecule has 0 aromatic heterocycles. The zero-order valence-corrected chi connectivity index (χ0v) is 13.1. The average molecular weight is 390 g/mol. The second-order valence-corrected chi connectivity index (χ2v) is 5.85. The first-order chi connectivity index (χ1) is 8.99. The highest BCUT2D eigenvalue weighted by Crippen LogP contribution is 2.35. The van der Waals surface area contributed by atoms with E-state index in [2.05, 4.69) is 27.9 Å². The van der Waals surface area contributed by atoms with Crippen LogP contribution in [0.2, 0.25) is 5.02 Å². The minimum atomic E-state index is -0.265. The molecule has 0 aliphatic carbocycles. The normalized spacial score (nSPS) is 12.2. The third-order valence-corrected chi connectivity index (χ3v) is 3.78. The van der Waals surface area contributed by atoms with Gasteiger partial charge in [-0.3, -0.25) is 0 Å². The lowest BCUT2D eigenvalue weighted by Crippen LogP contribution is -2.07. The van der Waals surface area contributed by atoms with Gasteiger partial charge in [0.05, 0.1) is 22.3 Å². The van der Waals surface area contributed by atoms with Crippen molar-refractivity contribution in [2.75, 3.05) is 5.32 Å². The molecule has 1 atom stereocenters. The average Bonchev–Trinajstić information content (AvgIpc) is 2.32. The van der Waals surface area contributed by atoms with E-state index in [9.17, 15) is 10.2 Å². The lowest BCUT2D eigenvalue weighted by molar-refractivity contribution is 0.434. The van der Waals surface area contributed by atoms with E-state index in [0.29, 0.717) is 10.6 Å². The summed E-state index contributed by atoms with van der Waals surface area (Å²) >= 11 is 8.33. The van der Waals surface area contributed by atoms with Crippen molar-refractivity contribution in [3.05, 3.63) is 50.6 Å². The minimum Gasteiger partial charge on any atom is -0.507 e. The first-order valence-corrected chi connectivity index (χ1v) is 7.17. The molecule has 0 spiro atoms. The van der Waals surface area contributed by atoms with E-state index < -0.39 is 0 Å². The SMILES string of the molecule is CC(Nc1ccc(I)cc1Cl)c1c(O)cccc1O. The maximum atomic E-state index is 9.82. The number of aromatic hydroxyl groups is 2. The van der Waals surface area contributed by atoms with Gasteiger partial charge in [-0.1, -0.05) is 17.7 Å². The van der Waals surface area contributed by atoms with Gasteiger partial charge in [0.1, 0.15) is 11.5 Å². The second kappa shape index (κ2) is 5.88. The minimum absolute atomic E-state index is 0.0571. The van der Waals surface area contributed by atoms with Crippen LogP contribution in [-0.2, 0) is 0 Å². The van der Waals surface area contributed by atoms with Crippen molar-refractivity contribution in [1.29, 1.82) is 0 Å². The molecule has 0 aliphatic heterocycles. The topological polar surface area (TPSA) is 52.5 Å². The Labute approximate surface area is 130 Å². The standard InChI is InChI=1S/C14H13ClINO2/c1-8(14-12(18)3-2-4-13(14)19)17-11-6-5-9(16)7-10(11)15/h2-8,17-19H,1H3. The van der Waals surface area contributed by atoms with Gasteiger partial charge in [-0.2, -0.15) is 0 Å². The van der Waals surface area contributed by atoms with Gasteiger partial charge in [-0.25, -0.2) is 0 Å². The number of nitrogens with one attached hydrogen (secondary N) is 1. The summed E-state index contributed by atoms with van der Waals surface area (Å²) in [5.74, 6) is 0.114. The van der Waals surface area contributed by atoms with Crippen LogP contribution in [0.4, 0.5) is 5.69 Å². The summed E-state index contributed by atoms with van der Waals surface area (Å²) in [7, 11) is 0. The van der Waals surface area contributed by atoms with Gasteiger partial charge in [0.15, 0.2) is 0 Å². The zero-order valence-electron chi connectivity index (χ0n) is 10.2. The summed E-state index contributed by atoms with van der Waals surface area (Å²) < 4.78 is 1.05. The van der Waals surface area contributed by atoms with Crippen molar-refractivity contribution >= 4 is 39.9 Å². The molecule has 0 radical (unpaired) electrons. The van der Waals surface area contributed by atoms with Gasteiger partial charge in [0, 0.05) is 3.57 Å². The van der Waals surface area contributed by atoms with Gasteiger partial charge >= 0.3 is 0 Å². The number of benzene rings is 2. The molecule has 2 aromatic rings. The van der Waals surface area contributed by atoms with Gasteiger partial charge in [0.2, 0.25) is 0 Å². The van der Waals surface area contributed by atoms with Crippen molar-refractivity contribution < 1.29 is 10.2 Å². The van der Waals surface area contributed by atoms with Crippen LogP contribution in [0.25, 0.3) is 0 Å². The van der Waals surface area contributed by atoms with Crippen LogP contribution >= 0.6 is 34.2 Å². The maximum Gasteiger partial charge on any atom is 0.124 e. The third kappa shape index (κ3) is 3.25. The summed E-state index contributed by atoms with van der Waals surface area (Å²) in [5, 5.41) is 23.4. The molecule has 0 heterocycles. The van der Waals surface area contributed by atoms with Gasteiger partial charge in [-0.05, 0) is 59.8 Å². The molecule has 19 heavy (non-hydrogen) atoms. The molecule has 0 bridgehead atoms. The van der Waals surface area contributed by atoms with Crippen LogP contribution < -0.4 is 5.32 Å². The summed E-state index contributed by atoms with van der Waals surface area (Å²) in [5.41, 5.74) is 1.22.